The fourth-order valence-corrected chi connectivity index (χ4v) is 5.25. The Morgan fingerprint density at radius 2 is 1.79 bits per heavy atom. The highest BCUT2D eigenvalue weighted by atomic mass is 32.2. The van der Waals surface area contributed by atoms with Gasteiger partial charge in [0.05, 0.1) is 11.2 Å². The number of carbonyl (C=O) groups is 3. The van der Waals surface area contributed by atoms with Crippen molar-refractivity contribution in [3.05, 3.63) is 101 Å². The third kappa shape index (κ3) is 5.69. The smallest absolute Gasteiger partial charge is 0.326 e. The van der Waals surface area contributed by atoms with Crippen LogP contribution in [0.2, 0.25) is 0 Å². The van der Waals surface area contributed by atoms with Gasteiger partial charge in [-0.25, -0.2) is 18.4 Å². The van der Waals surface area contributed by atoms with Gasteiger partial charge in [-0.05, 0) is 65.6 Å². The van der Waals surface area contributed by atoms with Crippen LogP contribution in [0.5, 0.6) is 0 Å². The summed E-state index contributed by atoms with van der Waals surface area (Å²) in [6.45, 7) is 0.843. The zero-order chi connectivity index (χ0) is 27.7. The molecule has 5 rings (SSSR count). The number of benzene rings is 3. The standard InChI is InChI=1S/C28H25N3O7S/c29-39(36,37)23-3-1-2-17(12-23)13-24(28(34)35)30-26(32)20-5-7-22-16-31(10-8-19(22)14-20)27(33)21-6-4-18-9-11-38-25(18)15-21/h1-7,9,11-12,14-15,24H,8,10,13,16H2,(H,30,32)(H,34,35)(H2,29,36,37)/t24-/m0/s1. The number of sulfonamides is 1. The second-order valence-corrected chi connectivity index (χ2v) is 11.0. The number of amides is 2. The maximum Gasteiger partial charge on any atom is 0.326 e. The summed E-state index contributed by atoms with van der Waals surface area (Å²) in [5.41, 5.74) is 3.68. The number of rotatable bonds is 7. The van der Waals surface area contributed by atoms with E-state index in [2.05, 4.69) is 5.32 Å². The normalized spacial score (nSPS) is 14.0. The molecule has 39 heavy (non-hydrogen) atoms. The summed E-state index contributed by atoms with van der Waals surface area (Å²) >= 11 is 0. The number of nitrogens with zero attached hydrogens (tertiary/aromatic N) is 1. The Bertz CT molecular complexity index is 1710. The Balaban J connectivity index is 1.27. The Hall–Kier alpha value is -4.48. The van der Waals surface area contributed by atoms with Gasteiger partial charge in [0.15, 0.2) is 0 Å². The zero-order valence-corrected chi connectivity index (χ0v) is 21.5. The minimum absolute atomic E-state index is 0.114. The maximum atomic E-state index is 13.1. The van der Waals surface area contributed by atoms with Gasteiger partial charge in [0.2, 0.25) is 10.0 Å². The van der Waals surface area contributed by atoms with Gasteiger partial charge in [0.25, 0.3) is 11.8 Å². The summed E-state index contributed by atoms with van der Waals surface area (Å²) in [5, 5.41) is 18.3. The lowest BCUT2D eigenvalue weighted by molar-refractivity contribution is -0.139. The molecular weight excluding hydrogens is 522 g/mol. The van der Waals surface area contributed by atoms with E-state index in [1.54, 1.807) is 47.6 Å². The van der Waals surface area contributed by atoms with Crippen molar-refractivity contribution in [2.75, 3.05) is 6.54 Å². The van der Waals surface area contributed by atoms with Crippen LogP contribution in [-0.4, -0.2) is 48.8 Å². The molecule has 10 nitrogen and oxygen atoms in total. The quantitative estimate of drug-likeness (QED) is 0.321. The van der Waals surface area contributed by atoms with Crippen molar-refractivity contribution < 1.29 is 32.3 Å². The van der Waals surface area contributed by atoms with Crippen LogP contribution in [0.3, 0.4) is 0 Å². The zero-order valence-electron chi connectivity index (χ0n) is 20.7. The minimum Gasteiger partial charge on any atom is -0.480 e. The molecule has 0 saturated carbocycles. The fourth-order valence-electron chi connectivity index (χ4n) is 4.66. The number of carboxylic acids is 1. The SMILES string of the molecule is NS(=O)(=O)c1cccc(C[C@H](NC(=O)c2ccc3c(c2)CCN(C(=O)c2ccc4ccoc4c2)C3)C(=O)O)c1. The molecular formula is C28H25N3O7S. The summed E-state index contributed by atoms with van der Waals surface area (Å²) in [6, 6.07) is 16.6. The Labute approximate surface area is 224 Å². The third-order valence-corrected chi connectivity index (χ3v) is 7.65. The van der Waals surface area contributed by atoms with Crippen LogP contribution in [0.1, 0.15) is 37.4 Å². The summed E-state index contributed by atoms with van der Waals surface area (Å²) in [4.78, 5) is 39.5. The highest BCUT2D eigenvalue weighted by Gasteiger charge is 2.25. The number of primary sulfonamides is 1. The number of furan rings is 1. The van der Waals surface area contributed by atoms with Crippen molar-refractivity contribution in [3.8, 4) is 0 Å². The Morgan fingerprint density at radius 3 is 2.56 bits per heavy atom. The number of fused-ring (bicyclic) bond motifs is 2. The van der Waals surface area contributed by atoms with Gasteiger partial charge < -0.3 is 19.7 Å². The lowest BCUT2D eigenvalue weighted by Gasteiger charge is -2.29. The topological polar surface area (TPSA) is 160 Å². The molecule has 0 bridgehead atoms. The average Bonchev–Trinajstić information content (AvgIpc) is 3.39. The van der Waals surface area contributed by atoms with E-state index >= 15 is 0 Å². The largest absolute Gasteiger partial charge is 0.480 e. The first-order valence-electron chi connectivity index (χ1n) is 12.1. The minimum atomic E-state index is -3.95. The molecule has 3 aromatic carbocycles. The van der Waals surface area contributed by atoms with Crippen molar-refractivity contribution in [3.63, 3.8) is 0 Å². The van der Waals surface area contributed by atoms with E-state index in [4.69, 9.17) is 9.56 Å². The number of aliphatic carboxylic acids is 1. The van der Waals surface area contributed by atoms with Crippen molar-refractivity contribution >= 4 is 38.8 Å². The fraction of sp³-hybridized carbons (Fsp3) is 0.179. The monoisotopic (exact) mass is 547 g/mol. The average molecular weight is 548 g/mol. The molecule has 1 atom stereocenters. The van der Waals surface area contributed by atoms with Gasteiger partial charge in [0, 0.05) is 36.0 Å². The van der Waals surface area contributed by atoms with Crippen molar-refractivity contribution in [1.82, 2.24) is 10.2 Å². The van der Waals surface area contributed by atoms with Gasteiger partial charge in [-0.3, -0.25) is 9.59 Å². The molecule has 2 amide bonds. The van der Waals surface area contributed by atoms with Crippen molar-refractivity contribution in [2.24, 2.45) is 5.14 Å². The van der Waals surface area contributed by atoms with Crippen LogP contribution < -0.4 is 10.5 Å². The molecule has 0 unspecified atom stereocenters. The van der Waals surface area contributed by atoms with Gasteiger partial charge in [-0.15, -0.1) is 0 Å². The summed E-state index contributed by atoms with van der Waals surface area (Å²) in [7, 11) is -3.95. The van der Waals surface area contributed by atoms with E-state index in [9.17, 15) is 27.9 Å². The molecule has 0 saturated heterocycles. The van der Waals surface area contributed by atoms with Crippen LogP contribution in [-0.2, 0) is 34.2 Å². The van der Waals surface area contributed by atoms with E-state index in [-0.39, 0.29) is 17.2 Å². The number of nitrogens with one attached hydrogen (secondary N) is 1. The van der Waals surface area contributed by atoms with Crippen LogP contribution in [0.25, 0.3) is 11.0 Å². The Kier molecular flexibility index (Phi) is 6.94. The summed E-state index contributed by atoms with van der Waals surface area (Å²) in [5.74, 6) is -1.95. The first-order chi connectivity index (χ1) is 18.6. The highest BCUT2D eigenvalue weighted by Crippen LogP contribution is 2.24. The molecule has 11 heteroatoms. The van der Waals surface area contributed by atoms with Gasteiger partial charge >= 0.3 is 5.97 Å². The van der Waals surface area contributed by atoms with Gasteiger partial charge in [-0.2, -0.15) is 0 Å². The number of carboxylic acid groups (broad SMARTS) is 1. The van der Waals surface area contributed by atoms with Crippen molar-refractivity contribution in [2.45, 2.75) is 30.3 Å². The maximum absolute atomic E-state index is 13.1. The second kappa shape index (κ2) is 10.4. The highest BCUT2D eigenvalue weighted by molar-refractivity contribution is 7.89. The Morgan fingerprint density at radius 1 is 1.00 bits per heavy atom. The predicted octanol–water partition coefficient (Wildman–Crippen LogP) is 2.70. The van der Waals surface area contributed by atoms with E-state index < -0.39 is 27.9 Å². The van der Waals surface area contributed by atoms with Crippen LogP contribution in [0.4, 0.5) is 0 Å². The lowest BCUT2D eigenvalue weighted by atomic mass is 9.96. The van der Waals surface area contributed by atoms with Gasteiger partial charge in [-0.1, -0.05) is 24.3 Å². The predicted molar refractivity (Wildman–Crippen MR) is 142 cm³/mol. The van der Waals surface area contributed by atoms with E-state index in [1.165, 1.54) is 18.2 Å². The third-order valence-electron chi connectivity index (χ3n) is 6.74. The number of hydrogen-bond donors (Lipinski definition) is 3. The van der Waals surface area contributed by atoms with E-state index in [0.717, 1.165) is 16.5 Å². The first-order valence-corrected chi connectivity index (χ1v) is 13.7. The molecule has 1 aliphatic rings. The summed E-state index contributed by atoms with van der Waals surface area (Å²) in [6.07, 6.45) is 1.98. The summed E-state index contributed by atoms with van der Waals surface area (Å²) < 4.78 is 28.6. The molecule has 1 aliphatic heterocycles. The van der Waals surface area contributed by atoms with Crippen LogP contribution >= 0.6 is 0 Å². The molecule has 0 radical (unpaired) electrons. The lowest BCUT2D eigenvalue weighted by Crippen LogP contribution is -2.42. The molecule has 200 valence electrons. The van der Waals surface area contributed by atoms with Crippen molar-refractivity contribution in [1.29, 1.82) is 0 Å². The molecule has 0 aliphatic carbocycles. The number of hydrogen-bond acceptors (Lipinski definition) is 6. The molecule has 0 spiro atoms. The number of nitrogens with two attached hydrogens (primary N) is 1. The van der Waals surface area contributed by atoms with E-state index in [1.807, 2.05) is 12.1 Å². The molecule has 2 heterocycles. The number of carbonyl (C=O) groups excluding carboxylic acids is 2. The van der Waals surface area contributed by atoms with Gasteiger partial charge in [0.1, 0.15) is 11.6 Å². The van der Waals surface area contributed by atoms with E-state index in [0.29, 0.717) is 41.8 Å². The molecule has 1 aromatic heterocycles. The first kappa shape index (κ1) is 26.1. The second-order valence-electron chi connectivity index (χ2n) is 9.39. The molecule has 0 fully saturated rings. The molecule has 4 aromatic rings. The van der Waals surface area contributed by atoms with Crippen LogP contribution in [0, 0.1) is 0 Å². The van der Waals surface area contributed by atoms with Crippen LogP contribution in [0.15, 0.2) is 82.3 Å². The molecule has 4 N–H and O–H groups in total.